The van der Waals surface area contributed by atoms with Crippen LogP contribution in [0.15, 0.2) is 46.9 Å². The number of carbonyl (C=O) groups is 1. The van der Waals surface area contributed by atoms with Gasteiger partial charge in [0.15, 0.2) is 11.5 Å². The summed E-state index contributed by atoms with van der Waals surface area (Å²) in [5.41, 5.74) is 2.67. The number of amides is 1. The molecule has 2 aromatic carbocycles. The lowest BCUT2D eigenvalue weighted by Crippen LogP contribution is -2.08. The Morgan fingerprint density at radius 1 is 1.12 bits per heavy atom. The summed E-state index contributed by atoms with van der Waals surface area (Å²) in [6.07, 6.45) is 4.21. The minimum absolute atomic E-state index is 0.181. The van der Waals surface area contributed by atoms with Crippen LogP contribution in [0.2, 0.25) is 0 Å². The Bertz CT molecular complexity index is 787. The lowest BCUT2D eigenvalue weighted by Gasteiger charge is -2.12. The fourth-order valence-electron chi connectivity index (χ4n) is 2.34. The summed E-state index contributed by atoms with van der Waals surface area (Å²) in [5.74, 6) is 1.23. The van der Waals surface area contributed by atoms with E-state index in [2.05, 4.69) is 28.2 Å². The highest BCUT2D eigenvalue weighted by Crippen LogP contribution is 2.29. The normalized spacial score (nSPS) is 10.8. The van der Waals surface area contributed by atoms with Crippen molar-refractivity contribution in [2.24, 2.45) is 0 Å². The monoisotopic (exact) mass is 417 g/mol. The van der Waals surface area contributed by atoms with Gasteiger partial charge in [-0.3, -0.25) is 4.79 Å². The third-order valence-corrected chi connectivity index (χ3v) is 4.10. The Balaban J connectivity index is 2.08. The molecule has 0 fully saturated rings. The Labute approximate surface area is 163 Å². The van der Waals surface area contributed by atoms with Crippen LogP contribution in [0, 0.1) is 6.92 Å². The molecule has 1 N–H and O–H groups in total. The Hall–Kier alpha value is -2.27. The van der Waals surface area contributed by atoms with Crippen molar-refractivity contribution in [2.45, 2.75) is 27.2 Å². The van der Waals surface area contributed by atoms with Crippen LogP contribution in [-0.4, -0.2) is 19.1 Å². The topological polar surface area (TPSA) is 47.6 Å². The van der Waals surface area contributed by atoms with Gasteiger partial charge in [-0.2, -0.15) is 0 Å². The van der Waals surface area contributed by atoms with Crippen LogP contribution in [0.5, 0.6) is 11.5 Å². The van der Waals surface area contributed by atoms with Crippen molar-refractivity contribution < 1.29 is 14.3 Å². The van der Waals surface area contributed by atoms with Crippen LogP contribution in [0.3, 0.4) is 0 Å². The van der Waals surface area contributed by atoms with Crippen LogP contribution in [0.1, 0.15) is 31.4 Å². The van der Waals surface area contributed by atoms with E-state index < -0.39 is 0 Å². The maximum atomic E-state index is 12.2. The lowest BCUT2D eigenvalue weighted by molar-refractivity contribution is -0.111. The third kappa shape index (κ3) is 5.92. The van der Waals surface area contributed by atoms with E-state index >= 15 is 0 Å². The fourth-order valence-corrected chi connectivity index (χ4v) is 2.82. The smallest absolute Gasteiger partial charge is 0.248 e. The number of benzene rings is 2. The van der Waals surface area contributed by atoms with Gasteiger partial charge in [-0.05, 0) is 67.8 Å². The summed E-state index contributed by atoms with van der Waals surface area (Å²) in [7, 11) is 0. The average Bonchev–Trinajstić information content (AvgIpc) is 2.62. The van der Waals surface area contributed by atoms with E-state index in [9.17, 15) is 4.79 Å². The van der Waals surface area contributed by atoms with Crippen LogP contribution >= 0.6 is 15.9 Å². The van der Waals surface area contributed by atoms with Crippen LogP contribution in [0.25, 0.3) is 6.08 Å². The summed E-state index contributed by atoms with van der Waals surface area (Å²) in [4.78, 5) is 12.2. The highest BCUT2D eigenvalue weighted by atomic mass is 79.9. The van der Waals surface area contributed by atoms with Gasteiger partial charge in [0.05, 0.1) is 13.2 Å². The highest BCUT2D eigenvalue weighted by molar-refractivity contribution is 9.10. The molecule has 0 unspecified atom stereocenters. The van der Waals surface area contributed by atoms with Crippen LogP contribution in [0.4, 0.5) is 5.69 Å². The second kappa shape index (κ2) is 10.0. The molecule has 26 heavy (non-hydrogen) atoms. The molecule has 0 atom stereocenters. The van der Waals surface area contributed by atoms with Gasteiger partial charge in [0.25, 0.3) is 0 Å². The van der Waals surface area contributed by atoms with Crippen molar-refractivity contribution >= 4 is 33.6 Å². The van der Waals surface area contributed by atoms with Crippen molar-refractivity contribution in [2.75, 3.05) is 18.5 Å². The first-order chi connectivity index (χ1) is 12.5. The lowest BCUT2D eigenvalue weighted by atomic mass is 10.1. The number of nitrogens with one attached hydrogen (secondary N) is 1. The molecule has 2 aromatic rings. The van der Waals surface area contributed by atoms with Crippen molar-refractivity contribution in [1.29, 1.82) is 0 Å². The molecule has 5 heteroatoms. The standard InChI is InChI=1S/C21H24BrNO3/c1-4-12-26-19-10-6-16(14-20(19)25-5-2)7-11-21(24)23-18-9-8-17(22)13-15(18)3/h6-11,13-14H,4-5,12H2,1-3H3,(H,23,24)/b11-7+. The van der Waals surface area contributed by atoms with Gasteiger partial charge in [0.2, 0.25) is 5.91 Å². The van der Waals surface area contributed by atoms with E-state index in [4.69, 9.17) is 9.47 Å². The first kappa shape index (κ1) is 20.0. The van der Waals surface area contributed by atoms with Gasteiger partial charge in [-0.1, -0.05) is 28.9 Å². The molecule has 0 heterocycles. The molecular formula is C21H24BrNO3. The maximum absolute atomic E-state index is 12.2. The van der Waals surface area contributed by atoms with E-state index in [-0.39, 0.29) is 5.91 Å². The number of hydrogen-bond donors (Lipinski definition) is 1. The molecule has 0 aliphatic rings. The van der Waals surface area contributed by atoms with E-state index in [0.717, 1.165) is 33.5 Å². The summed E-state index contributed by atoms with van der Waals surface area (Å²) in [5, 5.41) is 2.88. The second-order valence-electron chi connectivity index (χ2n) is 5.77. The van der Waals surface area contributed by atoms with Gasteiger partial charge < -0.3 is 14.8 Å². The minimum atomic E-state index is -0.181. The summed E-state index contributed by atoms with van der Waals surface area (Å²) in [6.45, 7) is 7.14. The molecule has 0 aliphatic heterocycles. The molecule has 2 rings (SSSR count). The zero-order valence-corrected chi connectivity index (χ0v) is 16.9. The third-order valence-electron chi connectivity index (χ3n) is 3.60. The predicted molar refractivity (Wildman–Crippen MR) is 110 cm³/mol. The van der Waals surface area contributed by atoms with Crippen molar-refractivity contribution in [3.8, 4) is 11.5 Å². The molecule has 4 nitrogen and oxygen atoms in total. The largest absolute Gasteiger partial charge is 0.490 e. The van der Waals surface area contributed by atoms with Gasteiger partial charge in [-0.15, -0.1) is 0 Å². The van der Waals surface area contributed by atoms with Gasteiger partial charge in [-0.25, -0.2) is 0 Å². The minimum Gasteiger partial charge on any atom is -0.490 e. The predicted octanol–water partition coefficient (Wildman–Crippen LogP) is 5.60. The number of anilines is 1. The number of hydrogen-bond acceptors (Lipinski definition) is 3. The summed E-state index contributed by atoms with van der Waals surface area (Å²) < 4.78 is 12.3. The van der Waals surface area contributed by atoms with Gasteiger partial charge in [0, 0.05) is 16.2 Å². The van der Waals surface area contributed by atoms with Crippen molar-refractivity contribution in [3.63, 3.8) is 0 Å². The number of aryl methyl sites for hydroxylation is 1. The molecule has 0 aromatic heterocycles. The Kier molecular flexibility index (Phi) is 7.73. The highest BCUT2D eigenvalue weighted by Gasteiger charge is 2.06. The number of halogens is 1. The van der Waals surface area contributed by atoms with Crippen LogP contribution in [-0.2, 0) is 4.79 Å². The van der Waals surface area contributed by atoms with E-state index in [1.807, 2.05) is 50.2 Å². The fraction of sp³-hybridized carbons (Fsp3) is 0.286. The molecule has 0 bridgehead atoms. The SMILES string of the molecule is CCCOc1ccc(/C=C/C(=O)Nc2ccc(Br)cc2C)cc1OCC. The Morgan fingerprint density at radius 2 is 1.92 bits per heavy atom. The molecule has 0 radical (unpaired) electrons. The summed E-state index contributed by atoms with van der Waals surface area (Å²) in [6, 6.07) is 11.4. The van der Waals surface area contributed by atoms with Crippen molar-refractivity contribution in [3.05, 3.63) is 58.1 Å². The first-order valence-electron chi connectivity index (χ1n) is 8.68. The molecule has 1 amide bonds. The van der Waals surface area contributed by atoms with E-state index in [1.54, 1.807) is 6.08 Å². The van der Waals surface area contributed by atoms with Crippen LogP contribution < -0.4 is 14.8 Å². The zero-order chi connectivity index (χ0) is 18.9. The molecule has 0 saturated heterocycles. The molecule has 0 saturated carbocycles. The van der Waals surface area contributed by atoms with Gasteiger partial charge >= 0.3 is 0 Å². The molecular weight excluding hydrogens is 394 g/mol. The molecule has 0 spiro atoms. The van der Waals surface area contributed by atoms with Crippen molar-refractivity contribution in [1.82, 2.24) is 0 Å². The number of carbonyl (C=O) groups excluding carboxylic acids is 1. The van der Waals surface area contributed by atoms with Gasteiger partial charge in [0.1, 0.15) is 0 Å². The zero-order valence-electron chi connectivity index (χ0n) is 15.3. The molecule has 0 aliphatic carbocycles. The Morgan fingerprint density at radius 3 is 2.62 bits per heavy atom. The summed E-state index contributed by atoms with van der Waals surface area (Å²) >= 11 is 3.42. The second-order valence-corrected chi connectivity index (χ2v) is 6.69. The number of ether oxygens (including phenoxy) is 2. The number of rotatable bonds is 8. The maximum Gasteiger partial charge on any atom is 0.248 e. The average molecular weight is 418 g/mol. The quantitative estimate of drug-likeness (QED) is 0.568. The van der Waals surface area contributed by atoms with E-state index in [0.29, 0.717) is 19.0 Å². The first-order valence-corrected chi connectivity index (χ1v) is 9.47. The van der Waals surface area contributed by atoms with E-state index in [1.165, 1.54) is 6.08 Å². The molecule has 138 valence electrons.